The van der Waals surface area contributed by atoms with Crippen molar-refractivity contribution in [3.05, 3.63) is 84.4 Å². The fraction of sp³-hybridized carbons (Fsp3) is 0.405. The summed E-state index contributed by atoms with van der Waals surface area (Å²) in [6.45, 7) is 11.4. The molecular weight excluding hydrogens is 580 g/mol. The molecule has 2 unspecified atom stereocenters. The molecule has 0 spiro atoms. The summed E-state index contributed by atoms with van der Waals surface area (Å²) in [6.07, 6.45) is 5.28. The minimum absolute atomic E-state index is 0.0501. The number of hydrogen-bond donors (Lipinski definition) is 3. The lowest BCUT2D eigenvalue weighted by molar-refractivity contribution is -0.141. The van der Waals surface area contributed by atoms with Gasteiger partial charge in [-0.15, -0.1) is 0 Å². The van der Waals surface area contributed by atoms with Crippen molar-refractivity contribution in [2.75, 3.05) is 11.9 Å². The summed E-state index contributed by atoms with van der Waals surface area (Å²) in [5.41, 5.74) is 6.60. The number of anilines is 1. The lowest BCUT2D eigenvalue weighted by Gasteiger charge is -2.34. The molecule has 0 saturated carbocycles. The van der Waals surface area contributed by atoms with Crippen LogP contribution in [0.5, 0.6) is 0 Å². The molecule has 246 valence electrons. The number of rotatable bonds is 16. The Hall–Kier alpha value is -4.66. The van der Waals surface area contributed by atoms with E-state index >= 15 is 0 Å². The minimum atomic E-state index is -1.16. The third kappa shape index (κ3) is 11.1. The van der Waals surface area contributed by atoms with Gasteiger partial charge in [-0.3, -0.25) is 14.4 Å². The quantitative estimate of drug-likeness (QED) is 0.145. The molecule has 0 aromatic heterocycles. The van der Waals surface area contributed by atoms with Gasteiger partial charge in [-0.05, 0) is 73.7 Å². The summed E-state index contributed by atoms with van der Waals surface area (Å²) >= 11 is 0. The van der Waals surface area contributed by atoms with Crippen LogP contribution < -0.4 is 16.4 Å². The maximum Gasteiger partial charge on any atom is 0.408 e. The highest BCUT2D eigenvalue weighted by Crippen LogP contribution is 2.28. The van der Waals surface area contributed by atoms with Gasteiger partial charge in [0, 0.05) is 18.7 Å². The third-order valence-electron chi connectivity index (χ3n) is 7.49. The Labute approximate surface area is 272 Å². The Morgan fingerprint density at radius 3 is 2.33 bits per heavy atom. The smallest absolute Gasteiger partial charge is 0.408 e. The molecule has 4 N–H and O–H groups in total. The second kappa shape index (κ2) is 17.1. The summed E-state index contributed by atoms with van der Waals surface area (Å²) in [5, 5.41) is 7.68. The molecule has 0 heterocycles. The van der Waals surface area contributed by atoms with E-state index in [-0.39, 0.29) is 19.4 Å². The number of carbonyl (C=O) groups excluding carboxylic acids is 4. The third-order valence-corrected chi connectivity index (χ3v) is 7.49. The van der Waals surface area contributed by atoms with Crippen molar-refractivity contribution in [1.82, 2.24) is 10.2 Å². The summed E-state index contributed by atoms with van der Waals surface area (Å²) in [5.74, 6) is -1.53. The standard InChI is InChI=1S/C37H48N4O5/c1-6-8-9-10-13-23-41(35(44)31(21-22-32(38)42)40-36(45)46-37(3,4)5)33(29-18-14-15-26(7-2)24-29)34(43)39-30-20-19-27-16-11-12-17-28(27)25-30/h7,11-12,14-20,24-25,31,33H,2,6,8-10,13,21-23H2,1,3-5H3,(H2,38,42)(H,39,43)(H,40,45). The molecule has 0 fully saturated rings. The Morgan fingerprint density at radius 2 is 1.65 bits per heavy atom. The van der Waals surface area contributed by atoms with Crippen LogP contribution in [0.25, 0.3) is 16.8 Å². The maximum atomic E-state index is 14.5. The normalized spacial score (nSPS) is 12.5. The maximum absolute atomic E-state index is 14.5. The Balaban J connectivity index is 2.06. The van der Waals surface area contributed by atoms with E-state index in [0.717, 1.165) is 42.0 Å². The molecule has 46 heavy (non-hydrogen) atoms. The number of benzene rings is 3. The van der Waals surface area contributed by atoms with Crippen molar-refractivity contribution in [2.24, 2.45) is 5.73 Å². The van der Waals surface area contributed by atoms with Crippen molar-refractivity contribution in [2.45, 2.75) is 90.3 Å². The second-order valence-electron chi connectivity index (χ2n) is 12.5. The predicted octanol–water partition coefficient (Wildman–Crippen LogP) is 7.12. The lowest BCUT2D eigenvalue weighted by atomic mass is 9.98. The van der Waals surface area contributed by atoms with Gasteiger partial charge in [0.1, 0.15) is 17.7 Å². The number of primary amides is 1. The summed E-state index contributed by atoms with van der Waals surface area (Å²) in [6, 6.07) is 18.6. The van der Waals surface area contributed by atoms with Crippen LogP contribution in [0.2, 0.25) is 0 Å². The van der Waals surface area contributed by atoms with Crippen molar-refractivity contribution in [3.8, 4) is 0 Å². The number of hydrogen-bond acceptors (Lipinski definition) is 5. The van der Waals surface area contributed by atoms with Gasteiger partial charge in [0.25, 0.3) is 5.91 Å². The molecular formula is C37H48N4O5. The molecule has 9 nitrogen and oxygen atoms in total. The van der Waals surface area contributed by atoms with Crippen LogP contribution in [0.4, 0.5) is 10.5 Å². The van der Waals surface area contributed by atoms with Crippen LogP contribution in [-0.4, -0.2) is 46.9 Å². The van der Waals surface area contributed by atoms with E-state index in [1.54, 1.807) is 32.9 Å². The summed E-state index contributed by atoms with van der Waals surface area (Å²) in [7, 11) is 0. The van der Waals surface area contributed by atoms with Crippen LogP contribution in [0.15, 0.2) is 73.3 Å². The fourth-order valence-electron chi connectivity index (χ4n) is 5.25. The Kier molecular flexibility index (Phi) is 13.4. The van der Waals surface area contributed by atoms with Gasteiger partial charge in [-0.1, -0.05) is 93.8 Å². The van der Waals surface area contributed by atoms with Crippen LogP contribution in [0.1, 0.15) is 89.8 Å². The number of nitrogens with zero attached hydrogens (tertiary/aromatic N) is 1. The zero-order chi connectivity index (χ0) is 33.7. The van der Waals surface area contributed by atoms with E-state index in [1.807, 2.05) is 60.7 Å². The summed E-state index contributed by atoms with van der Waals surface area (Å²) in [4.78, 5) is 55.0. The van der Waals surface area contributed by atoms with Gasteiger partial charge >= 0.3 is 6.09 Å². The molecule has 3 aromatic rings. The monoisotopic (exact) mass is 628 g/mol. The van der Waals surface area contributed by atoms with Crippen molar-refractivity contribution in [1.29, 1.82) is 0 Å². The molecule has 9 heteroatoms. The zero-order valence-electron chi connectivity index (χ0n) is 27.5. The number of ether oxygens (including phenoxy) is 1. The van der Waals surface area contributed by atoms with Crippen LogP contribution in [0.3, 0.4) is 0 Å². The van der Waals surface area contributed by atoms with E-state index < -0.39 is 41.5 Å². The van der Waals surface area contributed by atoms with Crippen LogP contribution in [0, 0.1) is 0 Å². The van der Waals surface area contributed by atoms with Gasteiger partial charge in [0.2, 0.25) is 11.8 Å². The SMILES string of the molecule is C=Cc1cccc(C(C(=O)Nc2ccc3ccccc3c2)N(CCCCCCC)C(=O)C(CCC(N)=O)NC(=O)OC(C)(C)C)c1. The number of nitrogens with two attached hydrogens (primary N) is 1. The number of carbonyl (C=O) groups is 4. The first-order chi connectivity index (χ1) is 21.9. The van der Waals surface area contributed by atoms with Gasteiger partial charge < -0.3 is 26.0 Å². The topological polar surface area (TPSA) is 131 Å². The van der Waals surface area contributed by atoms with E-state index in [2.05, 4.69) is 24.1 Å². The average molecular weight is 629 g/mol. The molecule has 0 radical (unpaired) electrons. The fourth-order valence-corrected chi connectivity index (χ4v) is 5.25. The van der Waals surface area contributed by atoms with Crippen molar-refractivity contribution >= 4 is 46.4 Å². The molecule has 0 bridgehead atoms. The van der Waals surface area contributed by atoms with E-state index in [1.165, 1.54) is 4.90 Å². The zero-order valence-corrected chi connectivity index (χ0v) is 27.5. The molecule has 0 aliphatic heterocycles. The highest BCUT2D eigenvalue weighted by atomic mass is 16.6. The minimum Gasteiger partial charge on any atom is -0.444 e. The molecule has 2 atom stereocenters. The molecule has 3 rings (SSSR count). The van der Waals surface area contributed by atoms with Gasteiger partial charge in [0.05, 0.1) is 0 Å². The second-order valence-corrected chi connectivity index (χ2v) is 12.5. The van der Waals surface area contributed by atoms with Gasteiger partial charge in [-0.2, -0.15) is 0 Å². The number of unbranched alkanes of at least 4 members (excludes halogenated alkanes) is 4. The lowest BCUT2D eigenvalue weighted by Crippen LogP contribution is -2.52. The number of alkyl carbamates (subject to hydrolysis) is 1. The Bertz CT molecular complexity index is 1510. The van der Waals surface area contributed by atoms with Crippen molar-refractivity contribution in [3.63, 3.8) is 0 Å². The molecule has 4 amide bonds. The first kappa shape index (κ1) is 35.8. The number of amides is 4. The summed E-state index contributed by atoms with van der Waals surface area (Å²) < 4.78 is 5.44. The molecule has 0 aliphatic carbocycles. The first-order valence-electron chi connectivity index (χ1n) is 16.0. The average Bonchev–Trinajstić information content (AvgIpc) is 3.01. The first-order valence-corrected chi connectivity index (χ1v) is 16.0. The van der Waals surface area contributed by atoms with Crippen molar-refractivity contribution < 1.29 is 23.9 Å². The van der Waals surface area contributed by atoms with Crippen LogP contribution in [-0.2, 0) is 19.1 Å². The van der Waals surface area contributed by atoms with Gasteiger partial charge in [0.15, 0.2) is 0 Å². The van der Waals surface area contributed by atoms with E-state index in [4.69, 9.17) is 10.5 Å². The predicted molar refractivity (Wildman–Crippen MR) is 184 cm³/mol. The number of fused-ring (bicyclic) bond motifs is 1. The van der Waals surface area contributed by atoms with E-state index in [9.17, 15) is 19.2 Å². The highest BCUT2D eigenvalue weighted by Gasteiger charge is 2.36. The molecule has 0 aliphatic rings. The number of nitrogens with one attached hydrogen (secondary N) is 2. The molecule has 3 aromatic carbocycles. The Morgan fingerprint density at radius 1 is 0.935 bits per heavy atom. The van der Waals surface area contributed by atoms with Gasteiger partial charge in [-0.25, -0.2) is 4.79 Å². The largest absolute Gasteiger partial charge is 0.444 e. The van der Waals surface area contributed by atoms with Crippen LogP contribution >= 0.6 is 0 Å². The molecule has 0 saturated heterocycles. The van der Waals surface area contributed by atoms with E-state index in [0.29, 0.717) is 17.7 Å². The highest BCUT2D eigenvalue weighted by molar-refractivity contribution is 6.00.